The zero-order valence-corrected chi connectivity index (χ0v) is 28.0. The lowest BCUT2D eigenvalue weighted by Gasteiger charge is -2.14. The van der Waals surface area contributed by atoms with Crippen molar-refractivity contribution in [2.75, 3.05) is 0 Å². The van der Waals surface area contributed by atoms with Crippen LogP contribution in [0, 0.1) is 6.92 Å². The molecule has 4 heteroatoms. The molecule has 0 unspecified atom stereocenters. The Labute approximate surface area is 296 Å². The lowest BCUT2D eigenvalue weighted by molar-refractivity contribution is 1.18. The van der Waals surface area contributed by atoms with Crippen LogP contribution in [0.15, 0.2) is 176 Å². The maximum Gasteiger partial charge on any atom is 0.160 e. The van der Waals surface area contributed by atoms with Crippen molar-refractivity contribution in [1.29, 1.82) is 0 Å². The van der Waals surface area contributed by atoms with Crippen molar-refractivity contribution in [2.45, 2.75) is 6.92 Å². The number of nitrogens with zero attached hydrogens (tertiary/aromatic N) is 4. The molecule has 0 atom stereocenters. The first-order chi connectivity index (χ1) is 25.2. The van der Waals surface area contributed by atoms with Crippen molar-refractivity contribution in [2.24, 2.45) is 0 Å². The maximum absolute atomic E-state index is 5.30. The highest BCUT2D eigenvalue weighted by molar-refractivity contribution is 6.09. The van der Waals surface area contributed by atoms with Gasteiger partial charge in [0, 0.05) is 38.7 Å². The molecule has 0 bridgehead atoms. The molecule has 0 aliphatic rings. The Morgan fingerprint density at radius 1 is 0.333 bits per heavy atom. The van der Waals surface area contributed by atoms with Crippen molar-refractivity contribution in [1.82, 2.24) is 19.9 Å². The van der Waals surface area contributed by atoms with Crippen LogP contribution in [0.5, 0.6) is 0 Å². The van der Waals surface area contributed by atoms with Gasteiger partial charge in [-0.25, -0.2) is 15.0 Å². The smallest absolute Gasteiger partial charge is 0.160 e. The van der Waals surface area contributed by atoms with Crippen LogP contribution in [0.25, 0.3) is 89.2 Å². The van der Waals surface area contributed by atoms with Gasteiger partial charge in [-0.3, -0.25) is 4.98 Å². The molecule has 51 heavy (non-hydrogen) atoms. The van der Waals surface area contributed by atoms with Crippen molar-refractivity contribution in [3.8, 4) is 67.4 Å². The van der Waals surface area contributed by atoms with Gasteiger partial charge >= 0.3 is 0 Å². The Kier molecular flexibility index (Phi) is 7.67. The molecule has 4 nitrogen and oxygen atoms in total. The minimum absolute atomic E-state index is 0.684. The summed E-state index contributed by atoms with van der Waals surface area (Å²) in [5.41, 5.74) is 14.0. The average molecular weight is 653 g/mol. The van der Waals surface area contributed by atoms with Gasteiger partial charge in [-0.2, -0.15) is 0 Å². The molecule has 240 valence electrons. The summed E-state index contributed by atoms with van der Waals surface area (Å²) in [4.78, 5) is 20.5. The van der Waals surface area contributed by atoms with E-state index in [4.69, 9.17) is 19.9 Å². The van der Waals surface area contributed by atoms with E-state index in [9.17, 15) is 0 Å². The van der Waals surface area contributed by atoms with Gasteiger partial charge in [0.05, 0.1) is 28.1 Å². The largest absolute Gasteiger partial charge is 0.251 e. The SMILES string of the molecule is Cc1ccc2ccc3c(-c4ccccc4)cc(-c4cccc(-c5cc(-c6ccc(-c7ccccc7)cc6)nc(-c6ccccc6)n5)c4)nc3c2n1. The average Bonchev–Trinajstić information content (AvgIpc) is 3.21. The number of benzene rings is 6. The van der Waals surface area contributed by atoms with Crippen molar-refractivity contribution in [3.63, 3.8) is 0 Å². The molecule has 0 aliphatic carbocycles. The van der Waals surface area contributed by atoms with Crippen molar-refractivity contribution < 1.29 is 0 Å². The summed E-state index contributed by atoms with van der Waals surface area (Å²) in [6, 6.07) is 61.0. The quantitative estimate of drug-likeness (QED) is 0.168. The molecule has 0 amide bonds. The van der Waals surface area contributed by atoms with E-state index in [-0.39, 0.29) is 0 Å². The van der Waals surface area contributed by atoms with Gasteiger partial charge in [0.1, 0.15) is 0 Å². The van der Waals surface area contributed by atoms with E-state index in [1.807, 2.05) is 31.2 Å². The van der Waals surface area contributed by atoms with Crippen molar-refractivity contribution >= 4 is 21.8 Å². The molecule has 0 radical (unpaired) electrons. The normalized spacial score (nSPS) is 11.2. The fourth-order valence-electron chi connectivity index (χ4n) is 6.73. The van der Waals surface area contributed by atoms with Crippen LogP contribution in [-0.2, 0) is 0 Å². The molecule has 0 saturated carbocycles. The van der Waals surface area contributed by atoms with Gasteiger partial charge in [0.15, 0.2) is 5.82 Å². The number of aryl methyl sites for hydroxylation is 1. The van der Waals surface area contributed by atoms with Gasteiger partial charge in [-0.1, -0.05) is 152 Å². The molecule has 9 aromatic rings. The Hall–Kier alpha value is -6.78. The number of rotatable bonds is 6. The number of fused-ring (bicyclic) bond motifs is 3. The minimum Gasteiger partial charge on any atom is -0.251 e. The molecular formula is C47H32N4. The predicted molar refractivity (Wildman–Crippen MR) is 210 cm³/mol. The number of aromatic nitrogens is 4. The van der Waals surface area contributed by atoms with Crippen LogP contribution in [0.1, 0.15) is 5.69 Å². The highest BCUT2D eigenvalue weighted by Crippen LogP contribution is 2.37. The fourth-order valence-corrected chi connectivity index (χ4v) is 6.73. The maximum atomic E-state index is 5.30. The molecule has 6 aromatic carbocycles. The van der Waals surface area contributed by atoms with E-state index in [0.717, 1.165) is 78.0 Å². The fraction of sp³-hybridized carbons (Fsp3) is 0.0213. The summed E-state index contributed by atoms with van der Waals surface area (Å²) >= 11 is 0. The first-order valence-corrected chi connectivity index (χ1v) is 17.1. The molecular weight excluding hydrogens is 621 g/mol. The summed E-state index contributed by atoms with van der Waals surface area (Å²) in [7, 11) is 0. The van der Waals surface area contributed by atoms with Crippen molar-refractivity contribution in [3.05, 3.63) is 182 Å². The lowest BCUT2D eigenvalue weighted by Crippen LogP contribution is -1.96. The van der Waals surface area contributed by atoms with Crippen LogP contribution < -0.4 is 0 Å². The molecule has 3 heterocycles. The second-order valence-electron chi connectivity index (χ2n) is 12.8. The zero-order chi connectivity index (χ0) is 34.1. The van der Waals surface area contributed by atoms with Crippen LogP contribution in [0.4, 0.5) is 0 Å². The first-order valence-electron chi connectivity index (χ1n) is 17.1. The second-order valence-corrected chi connectivity index (χ2v) is 12.8. The molecule has 9 rings (SSSR count). The van der Waals surface area contributed by atoms with E-state index in [2.05, 4.69) is 152 Å². The van der Waals surface area contributed by atoms with E-state index in [1.165, 1.54) is 11.1 Å². The highest BCUT2D eigenvalue weighted by Gasteiger charge is 2.16. The lowest BCUT2D eigenvalue weighted by atomic mass is 9.96. The van der Waals surface area contributed by atoms with Gasteiger partial charge in [-0.05, 0) is 53.4 Å². The Morgan fingerprint density at radius 2 is 0.863 bits per heavy atom. The van der Waals surface area contributed by atoms with E-state index < -0.39 is 0 Å². The topological polar surface area (TPSA) is 51.6 Å². The van der Waals surface area contributed by atoms with Gasteiger partial charge in [0.25, 0.3) is 0 Å². The Morgan fingerprint density at radius 3 is 1.55 bits per heavy atom. The van der Waals surface area contributed by atoms with Crippen LogP contribution in [0.3, 0.4) is 0 Å². The summed E-state index contributed by atoms with van der Waals surface area (Å²) in [5, 5.41) is 2.15. The van der Waals surface area contributed by atoms with Crippen LogP contribution in [0.2, 0.25) is 0 Å². The molecule has 3 aromatic heterocycles. The molecule has 0 aliphatic heterocycles. The van der Waals surface area contributed by atoms with E-state index >= 15 is 0 Å². The molecule has 0 N–H and O–H groups in total. The summed E-state index contributed by atoms with van der Waals surface area (Å²) in [5.74, 6) is 0.684. The highest BCUT2D eigenvalue weighted by atomic mass is 14.9. The summed E-state index contributed by atoms with van der Waals surface area (Å²) in [6.07, 6.45) is 0. The number of hydrogen-bond donors (Lipinski definition) is 0. The van der Waals surface area contributed by atoms with Gasteiger partial charge in [-0.15, -0.1) is 0 Å². The predicted octanol–water partition coefficient (Wildman–Crippen LogP) is 11.9. The second kappa shape index (κ2) is 12.9. The van der Waals surface area contributed by atoms with Gasteiger partial charge in [0.2, 0.25) is 0 Å². The number of hydrogen-bond acceptors (Lipinski definition) is 4. The molecule has 0 spiro atoms. The first kappa shape index (κ1) is 30.3. The summed E-state index contributed by atoms with van der Waals surface area (Å²) < 4.78 is 0. The van der Waals surface area contributed by atoms with Crippen LogP contribution in [-0.4, -0.2) is 19.9 Å². The Balaban J connectivity index is 1.19. The minimum atomic E-state index is 0.684. The molecule has 0 fully saturated rings. The third kappa shape index (κ3) is 5.94. The third-order valence-corrected chi connectivity index (χ3v) is 9.36. The number of pyridine rings is 2. The van der Waals surface area contributed by atoms with Gasteiger partial charge < -0.3 is 0 Å². The van der Waals surface area contributed by atoms with E-state index in [1.54, 1.807) is 0 Å². The standard InChI is InChI=1S/C47H32N4/c1-31-20-21-36-26-27-40-41(34-14-7-3-8-15-34)29-42(49-46(40)45(36)48-31)38-18-11-19-39(28-38)44-30-43(50-47(51-44)37-16-9-4-10-17-37)35-24-22-33(23-25-35)32-12-5-2-6-13-32/h2-30H,1H3. The monoisotopic (exact) mass is 652 g/mol. The molecule has 0 saturated heterocycles. The summed E-state index contributed by atoms with van der Waals surface area (Å²) in [6.45, 7) is 2.03. The third-order valence-electron chi connectivity index (χ3n) is 9.36. The van der Waals surface area contributed by atoms with E-state index in [0.29, 0.717) is 5.82 Å². The zero-order valence-electron chi connectivity index (χ0n) is 28.0. The van der Waals surface area contributed by atoms with Crippen LogP contribution >= 0.6 is 0 Å². The Bertz CT molecular complexity index is 2670.